The minimum atomic E-state index is -0.916. The number of hydrogen-bond acceptors (Lipinski definition) is 4. The van der Waals surface area contributed by atoms with Crippen LogP contribution in [-0.2, 0) is 4.79 Å². The molecule has 3 nitrogen and oxygen atoms in total. The van der Waals surface area contributed by atoms with Crippen LogP contribution in [0.2, 0.25) is 0 Å². The lowest BCUT2D eigenvalue weighted by Crippen LogP contribution is -2.11. The van der Waals surface area contributed by atoms with Crippen LogP contribution < -0.4 is 5.32 Å². The van der Waals surface area contributed by atoms with Crippen LogP contribution in [0.3, 0.4) is 0 Å². The Kier molecular flexibility index (Phi) is 5.08. The van der Waals surface area contributed by atoms with E-state index in [2.05, 4.69) is 10.3 Å². The number of thiazole rings is 1. The Balaban J connectivity index is 2.08. The summed E-state index contributed by atoms with van der Waals surface area (Å²) in [5.41, 5.74) is 0.985. The van der Waals surface area contributed by atoms with Crippen LogP contribution in [-0.4, -0.2) is 22.9 Å². The van der Waals surface area contributed by atoms with Crippen molar-refractivity contribution in [1.82, 2.24) is 4.98 Å². The largest absolute Gasteiger partial charge is 0.302 e. The van der Waals surface area contributed by atoms with Gasteiger partial charge in [0.25, 0.3) is 0 Å². The standard InChI is InChI=1S/C13H12F2N2OS2/c1-19-5-4-12(18)17-13-16-11(7-20-13)8-2-3-9(14)10(15)6-8/h2-3,6-7H,4-5H2,1H3,(H,16,17,18). The number of benzene rings is 1. The lowest BCUT2D eigenvalue weighted by Gasteiger charge is -2.00. The molecule has 2 rings (SSSR count). The van der Waals surface area contributed by atoms with Crippen LogP contribution >= 0.6 is 23.1 Å². The quantitative estimate of drug-likeness (QED) is 0.913. The fraction of sp³-hybridized carbons (Fsp3) is 0.231. The van der Waals surface area contributed by atoms with Crippen molar-refractivity contribution in [2.24, 2.45) is 0 Å². The number of anilines is 1. The van der Waals surface area contributed by atoms with E-state index in [0.717, 1.165) is 17.9 Å². The average molecular weight is 314 g/mol. The summed E-state index contributed by atoms with van der Waals surface area (Å²) in [6.45, 7) is 0. The molecule has 1 aromatic carbocycles. The molecule has 2 aromatic rings. The van der Waals surface area contributed by atoms with Gasteiger partial charge in [-0.2, -0.15) is 11.8 Å². The second-order valence-electron chi connectivity index (χ2n) is 3.96. The molecule has 0 aliphatic rings. The zero-order valence-corrected chi connectivity index (χ0v) is 12.3. The molecule has 20 heavy (non-hydrogen) atoms. The summed E-state index contributed by atoms with van der Waals surface area (Å²) in [6.07, 6.45) is 2.35. The highest BCUT2D eigenvalue weighted by molar-refractivity contribution is 7.98. The minimum Gasteiger partial charge on any atom is -0.302 e. The van der Waals surface area contributed by atoms with Gasteiger partial charge in [0.15, 0.2) is 16.8 Å². The molecule has 0 fully saturated rings. The lowest BCUT2D eigenvalue weighted by molar-refractivity contribution is -0.115. The molecule has 0 aliphatic carbocycles. The molecule has 0 saturated heterocycles. The SMILES string of the molecule is CSCCC(=O)Nc1nc(-c2ccc(F)c(F)c2)cs1. The Morgan fingerprint density at radius 1 is 1.40 bits per heavy atom. The first kappa shape index (κ1) is 14.9. The second kappa shape index (κ2) is 6.81. The van der Waals surface area contributed by atoms with Crippen molar-refractivity contribution in [2.45, 2.75) is 6.42 Å². The summed E-state index contributed by atoms with van der Waals surface area (Å²) < 4.78 is 26.0. The number of thioether (sulfide) groups is 1. The monoisotopic (exact) mass is 314 g/mol. The maximum atomic E-state index is 13.1. The van der Waals surface area contributed by atoms with Crippen LogP contribution in [0.5, 0.6) is 0 Å². The van der Waals surface area contributed by atoms with Crippen molar-refractivity contribution in [3.63, 3.8) is 0 Å². The van der Waals surface area contributed by atoms with Gasteiger partial charge in [-0.1, -0.05) is 0 Å². The van der Waals surface area contributed by atoms with E-state index in [1.165, 1.54) is 17.4 Å². The molecule has 0 atom stereocenters. The summed E-state index contributed by atoms with van der Waals surface area (Å²) in [5.74, 6) is -1.17. The zero-order valence-electron chi connectivity index (χ0n) is 10.7. The van der Waals surface area contributed by atoms with Crippen molar-refractivity contribution >= 4 is 34.1 Å². The lowest BCUT2D eigenvalue weighted by atomic mass is 10.2. The van der Waals surface area contributed by atoms with Gasteiger partial charge in [-0.15, -0.1) is 11.3 Å². The van der Waals surface area contributed by atoms with Crippen molar-refractivity contribution in [3.05, 3.63) is 35.2 Å². The first-order valence-electron chi connectivity index (χ1n) is 5.80. The molecule has 1 aromatic heterocycles. The number of carbonyl (C=O) groups excluding carboxylic acids is 1. The third-order valence-corrected chi connectivity index (χ3v) is 3.87. The van der Waals surface area contributed by atoms with Gasteiger partial charge in [0.05, 0.1) is 5.69 Å². The van der Waals surface area contributed by atoms with Crippen LogP contribution in [0.25, 0.3) is 11.3 Å². The number of aromatic nitrogens is 1. The number of hydrogen-bond donors (Lipinski definition) is 1. The number of nitrogens with one attached hydrogen (secondary N) is 1. The molecule has 1 N–H and O–H groups in total. The molecule has 1 amide bonds. The Labute approximate surface area is 123 Å². The highest BCUT2D eigenvalue weighted by Crippen LogP contribution is 2.26. The predicted molar refractivity (Wildman–Crippen MR) is 79.1 cm³/mol. The van der Waals surface area contributed by atoms with E-state index in [-0.39, 0.29) is 5.91 Å². The van der Waals surface area contributed by atoms with E-state index in [9.17, 15) is 13.6 Å². The molecule has 0 spiro atoms. The fourth-order valence-corrected chi connectivity index (χ4v) is 2.62. The van der Waals surface area contributed by atoms with Gasteiger partial charge in [0.1, 0.15) is 0 Å². The number of rotatable bonds is 5. The van der Waals surface area contributed by atoms with Crippen molar-refractivity contribution < 1.29 is 13.6 Å². The molecule has 0 bridgehead atoms. The summed E-state index contributed by atoms with van der Waals surface area (Å²) in [6, 6.07) is 3.59. The normalized spacial score (nSPS) is 10.6. The molecule has 0 saturated carbocycles. The van der Waals surface area contributed by atoms with E-state index >= 15 is 0 Å². The summed E-state index contributed by atoms with van der Waals surface area (Å²) in [7, 11) is 0. The van der Waals surface area contributed by atoms with Crippen LogP contribution in [0.1, 0.15) is 6.42 Å². The van der Waals surface area contributed by atoms with Gasteiger partial charge >= 0.3 is 0 Å². The first-order valence-corrected chi connectivity index (χ1v) is 8.07. The van der Waals surface area contributed by atoms with Gasteiger partial charge in [-0.25, -0.2) is 13.8 Å². The molecule has 106 valence electrons. The third kappa shape index (κ3) is 3.77. The predicted octanol–water partition coefficient (Wildman–Crippen LogP) is 3.78. The van der Waals surface area contributed by atoms with Crippen LogP contribution in [0, 0.1) is 11.6 Å². The molecule has 7 heteroatoms. The average Bonchev–Trinajstić information content (AvgIpc) is 2.88. The molecule has 0 unspecified atom stereocenters. The molecule has 0 radical (unpaired) electrons. The summed E-state index contributed by atoms with van der Waals surface area (Å²) in [4.78, 5) is 15.7. The van der Waals surface area contributed by atoms with Crippen molar-refractivity contribution in [1.29, 1.82) is 0 Å². The maximum Gasteiger partial charge on any atom is 0.226 e. The third-order valence-electron chi connectivity index (χ3n) is 2.50. The zero-order chi connectivity index (χ0) is 14.5. The smallest absolute Gasteiger partial charge is 0.226 e. The molecular formula is C13H12F2N2OS2. The second-order valence-corrected chi connectivity index (χ2v) is 5.80. The molecule has 0 aliphatic heterocycles. The minimum absolute atomic E-state index is 0.106. The van der Waals surface area contributed by atoms with E-state index < -0.39 is 11.6 Å². The first-order chi connectivity index (χ1) is 9.60. The number of nitrogens with zero attached hydrogens (tertiary/aromatic N) is 1. The Hall–Kier alpha value is -1.47. The van der Waals surface area contributed by atoms with Crippen molar-refractivity contribution in [2.75, 3.05) is 17.3 Å². The van der Waals surface area contributed by atoms with Gasteiger partial charge in [-0.3, -0.25) is 4.79 Å². The van der Waals surface area contributed by atoms with Gasteiger partial charge in [-0.05, 0) is 24.5 Å². The van der Waals surface area contributed by atoms with E-state index in [1.807, 2.05) is 6.26 Å². The number of carbonyl (C=O) groups is 1. The van der Waals surface area contributed by atoms with Gasteiger partial charge in [0, 0.05) is 23.1 Å². The van der Waals surface area contributed by atoms with Crippen LogP contribution in [0.4, 0.5) is 13.9 Å². The van der Waals surface area contributed by atoms with E-state index in [4.69, 9.17) is 0 Å². The maximum absolute atomic E-state index is 13.1. The van der Waals surface area contributed by atoms with E-state index in [0.29, 0.717) is 22.8 Å². The Morgan fingerprint density at radius 2 is 2.20 bits per heavy atom. The molecular weight excluding hydrogens is 302 g/mol. The van der Waals surface area contributed by atoms with Crippen LogP contribution in [0.15, 0.2) is 23.6 Å². The Bertz CT molecular complexity index is 616. The topological polar surface area (TPSA) is 42.0 Å². The fourth-order valence-electron chi connectivity index (χ4n) is 1.50. The highest BCUT2D eigenvalue weighted by atomic mass is 32.2. The molecule has 1 heterocycles. The van der Waals surface area contributed by atoms with Gasteiger partial charge in [0.2, 0.25) is 5.91 Å². The summed E-state index contributed by atoms with van der Waals surface area (Å²) >= 11 is 2.84. The van der Waals surface area contributed by atoms with Crippen molar-refractivity contribution in [3.8, 4) is 11.3 Å². The van der Waals surface area contributed by atoms with E-state index in [1.54, 1.807) is 17.1 Å². The number of amides is 1. The Morgan fingerprint density at radius 3 is 2.90 bits per heavy atom. The highest BCUT2D eigenvalue weighted by Gasteiger charge is 2.10. The summed E-state index contributed by atoms with van der Waals surface area (Å²) in [5, 5.41) is 4.83. The number of halogens is 2. The van der Waals surface area contributed by atoms with Gasteiger partial charge < -0.3 is 5.32 Å².